The minimum Gasteiger partial charge on any atom is -0.379 e. The van der Waals surface area contributed by atoms with Crippen LogP contribution < -0.4 is 10.3 Å². The highest BCUT2D eigenvalue weighted by Crippen LogP contribution is 2.50. The van der Waals surface area contributed by atoms with Crippen LogP contribution >= 0.6 is 11.8 Å². The number of thioether (sulfide) groups is 1. The van der Waals surface area contributed by atoms with Gasteiger partial charge in [-0.1, -0.05) is 16.8 Å². The molecule has 4 N–H and O–H groups in total. The molecule has 0 radical (unpaired) electrons. The van der Waals surface area contributed by atoms with Crippen molar-refractivity contribution in [1.29, 1.82) is 0 Å². The topological polar surface area (TPSA) is 133 Å². The van der Waals surface area contributed by atoms with E-state index in [0.717, 1.165) is 113 Å². The number of nitrogens with zero attached hydrogens (tertiary/aromatic N) is 11. The summed E-state index contributed by atoms with van der Waals surface area (Å²) >= 11 is 2.01. The monoisotopic (exact) mass is 625 g/mol. The minimum atomic E-state index is -0.916. The second-order valence-electron chi connectivity index (χ2n) is 11.7. The Kier molecular flexibility index (Phi) is 8.31. The van der Waals surface area contributed by atoms with Gasteiger partial charge in [0.25, 0.3) is 0 Å². The predicted octanol–water partition coefficient (Wildman–Crippen LogP) is 0.322. The van der Waals surface area contributed by atoms with Crippen LogP contribution in [0.5, 0.6) is 0 Å². The van der Waals surface area contributed by atoms with Crippen LogP contribution in [0.4, 0.5) is 5.82 Å². The maximum Gasteiger partial charge on any atom is 0.246 e. The van der Waals surface area contributed by atoms with Gasteiger partial charge in [0.2, 0.25) is 5.79 Å². The highest BCUT2D eigenvalue weighted by Gasteiger charge is 2.68. The summed E-state index contributed by atoms with van der Waals surface area (Å²) in [4.78, 5) is 6.05. The lowest BCUT2D eigenvalue weighted by molar-refractivity contribution is -0.403. The van der Waals surface area contributed by atoms with Gasteiger partial charge in [-0.3, -0.25) is 10.00 Å². The molecule has 5 saturated heterocycles. The van der Waals surface area contributed by atoms with E-state index in [2.05, 4.69) is 78.4 Å². The number of nitrogens with one attached hydrogen (secondary N) is 4. The molecule has 0 saturated carbocycles. The lowest BCUT2D eigenvalue weighted by atomic mass is 10.0. The number of rotatable bonds is 7. The van der Waals surface area contributed by atoms with Crippen molar-refractivity contribution in [3.05, 3.63) is 36.3 Å². The standard InChI is InChI=1S/C27H43N15OS/c1-2-11-35(12-3-1)27(26-25(32-34-33-26)23-5-4-7-29-23)39(24-6-8-30-31-24)41(38-17-21-44-22-18-38)42(37-15-19-43-20-16-37)40(27)36-13-9-28-10-14-36/h4-8,28-29H,1-3,9-22H2,(H,30,31)(H,32,33,34). The molecule has 5 aliphatic heterocycles. The Labute approximate surface area is 261 Å². The van der Waals surface area contributed by atoms with E-state index in [4.69, 9.17) is 14.9 Å². The SMILES string of the molecule is c1c[nH]c(-c2n[nH]nc2C2(N3CCCCC3)N(c3ccn[nH]3)N(N3CCSCC3)N(N3CCOCC3)N2N2CCNCC2)c1. The smallest absolute Gasteiger partial charge is 0.246 e. The second-order valence-corrected chi connectivity index (χ2v) is 12.9. The molecule has 0 amide bonds. The molecule has 3 aromatic rings. The molecule has 0 aliphatic carbocycles. The maximum atomic E-state index is 5.91. The van der Waals surface area contributed by atoms with Crippen molar-refractivity contribution in [3.8, 4) is 11.4 Å². The van der Waals surface area contributed by atoms with Crippen molar-refractivity contribution in [1.82, 2.24) is 71.4 Å². The number of ether oxygens (including phenoxy) is 1. The highest BCUT2D eigenvalue weighted by molar-refractivity contribution is 7.99. The molecule has 16 nitrogen and oxygen atoms in total. The van der Waals surface area contributed by atoms with Crippen molar-refractivity contribution in [2.75, 3.05) is 95.2 Å². The lowest BCUT2D eigenvalue weighted by Crippen LogP contribution is -2.72. The zero-order valence-electron chi connectivity index (χ0n) is 25.1. The Morgan fingerprint density at radius 1 is 0.818 bits per heavy atom. The summed E-state index contributed by atoms with van der Waals surface area (Å²) in [6.45, 7) is 10.1. The van der Waals surface area contributed by atoms with E-state index in [1.165, 1.54) is 6.42 Å². The third-order valence-electron chi connectivity index (χ3n) is 9.15. The second kappa shape index (κ2) is 12.7. The Hall–Kier alpha value is -2.58. The Balaban J connectivity index is 1.42. The van der Waals surface area contributed by atoms with Crippen LogP contribution in [0, 0.1) is 0 Å². The van der Waals surface area contributed by atoms with Gasteiger partial charge >= 0.3 is 0 Å². The van der Waals surface area contributed by atoms with Crippen molar-refractivity contribution >= 4 is 17.6 Å². The van der Waals surface area contributed by atoms with E-state index in [1.807, 2.05) is 30.2 Å². The van der Waals surface area contributed by atoms with E-state index >= 15 is 0 Å². The molecular weight excluding hydrogens is 582 g/mol. The Morgan fingerprint density at radius 2 is 1.61 bits per heavy atom. The molecule has 3 aromatic heterocycles. The number of aromatic nitrogens is 6. The summed E-state index contributed by atoms with van der Waals surface area (Å²) in [5, 5.41) is 41.6. The summed E-state index contributed by atoms with van der Waals surface area (Å²) in [5.41, 5.74) is 2.59. The normalized spacial score (nSPS) is 28.3. The van der Waals surface area contributed by atoms with Crippen LogP contribution in [0.25, 0.3) is 11.4 Å². The molecule has 44 heavy (non-hydrogen) atoms. The molecule has 0 aromatic carbocycles. The van der Waals surface area contributed by atoms with Crippen LogP contribution in [-0.4, -0.2) is 156 Å². The lowest BCUT2D eigenvalue weighted by Gasteiger charge is -2.53. The van der Waals surface area contributed by atoms with Gasteiger partial charge in [0.15, 0.2) is 5.69 Å². The molecule has 238 valence electrons. The number of hydrogen-bond acceptors (Lipinski definition) is 14. The number of H-pyrrole nitrogens is 3. The van der Waals surface area contributed by atoms with Crippen molar-refractivity contribution in [3.63, 3.8) is 0 Å². The largest absolute Gasteiger partial charge is 0.379 e. The third-order valence-corrected chi connectivity index (χ3v) is 10.1. The average Bonchev–Trinajstić information content (AvgIpc) is 3.92. The number of piperazine rings is 1. The van der Waals surface area contributed by atoms with Crippen LogP contribution in [0.2, 0.25) is 0 Å². The molecule has 1 unspecified atom stereocenters. The number of anilines is 1. The number of aromatic amines is 3. The fourth-order valence-electron chi connectivity index (χ4n) is 7.15. The Morgan fingerprint density at radius 3 is 2.34 bits per heavy atom. The van der Waals surface area contributed by atoms with E-state index in [0.29, 0.717) is 13.2 Å². The quantitative estimate of drug-likeness (QED) is 0.287. The molecular formula is C27H43N15OS. The third kappa shape index (κ3) is 4.86. The first-order valence-corrected chi connectivity index (χ1v) is 17.1. The van der Waals surface area contributed by atoms with E-state index < -0.39 is 5.79 Å². The van der Waals surface area contributed by atoms with Gasteiger partial charge in [-0.15, -0.1) is 0 Å². The van der Waals surface area contributed by atoms with Gasteiger partial charge in [-0.25, -0.2) is 20.0 Å². The predicted molar refractivity (Wildman–Crippen MR) is 166 cm³/mol. The Bertz CT molecular complexity index is 1310. The number of piperidine rings is 1. The van der Waals surface area contributed by atoms with Gasteiger partial charge in [0.05, 0.1) is 25.1 Å². The first-order valence-electron chi connectivity index (χ1n) is 16.0. The van der Waals surface area contributed by atoms with Crippen LogP contribution in [0.1, 0.15) is 25.0 Å². The average molecular weight is 626 g/mol. The highest BCUT2D eigenvalue weighted by atomic mass is 32.2. The van der Waals surface area contributed by atoms with Crippen molar-refractivity contribution in [2.45, 2.75) is 25.0 Å². The van der Waals surface area contributed by atoms with E-state index in [1.54, 1.807) is 0 Å². The fourth-order valence-corrected chi connectivity index (χ4v) is 8.04. The van der Waals surface area contributed by atoms with Crippen molar-refractivity contribution in [2.24, 2.45) is 0 Å². The molecule has 0 bridgehead atoms. The molecule has 8 heterocycles. The molecule has 8 rings (SSSR count). The molecule has 5 fully saturated rings. The first kappa shape index (κ1) is 28.9. The zero-order valence-corrected chi connectivity index (χ0v) is 26.0. The van der Waals surface area contributed by atoms with E-state index in [-0.39, 0.29) is 0 Å². The van der Waals surface area contributed by atoms with Gasteiger partial charge in [-0.05, 0) is 30.2 Å². The van der Waals surface area contributed by atoms with Gasteiger partial charge in [0, 0.05) is 89.2 Å². The maximum absolute atomic E-state index is 5.91. The number of likely N-dealkylation sites (tertiary alicyclic amines) is 1. The van der Waals surface area contributed by atoms with Gasteiger partial charge < -0.3 is 15.0 Å². The number of hydrogen-bond donors (Lipinski definition) is 4. The zero-order chi connectivity index (χ0) is 29.3. The summed E-state index contributed by atoms with van der Waals surface area (Å²) in [5.74, 6) is 2.10. The molecule has 1 atom stereocenters. The summed E-state index contributed by atoms with van der Waals surface area (Å²) in [7, 11) is 0. The number of hydrazine groups is 6. The summed E-state index contributed by atoms with van der Waals surface area (Å²) in [6, 6.07) is 6.18. The van der Waals surface area contributed by atoms with E-state index in [9.17, 15) is 0 Å². The fraction of sp³-hybridized carbons (Fsp3) is 0.667. The van der Waals surface area contributed by atoms with Crippen LogP contribution in [0.3, 0.4) is 0 Å². The first-order chi connectivity index (χ1) is 21.9. The summed E-state index contributed by atoms with van der Waals surface area (Å²) < 4.78 is 5.91. The van der Waals surface area contributed by atoms with Crippen LogP contribution in [-0.2, 0) is 10.5 Å². The van der Waals surface area contributed by atoms with Crippen LogP contribution in [0.15, 0.2) is 30.6 Å². The van der Waals surface area contributed by atoms with Gasteiger partial charge in [0.1, 0.15) is 11.5 Å². The molecule has 0 spiro atoms. The molecule has 17 heteroatoms. The molecule has 5 aliphatic rings. The minimum absolute atomic E-state index is 0.675. The summed E-state index contributed by atoms with van der Waals surface area (Å²) in [6.07, 6.45) is 7.24. The van der Waals surface area contributed by atoms with Gasteiger partial charge in [-0.2, -0.15) is 32.3 Å². The number of morpholine rings is 1. The van der Waals surface area contributed by atoms with Crippen molar-refractivity contribution < 1.29 is 4.74 Å².